The molecule has 0 aliphatic rings. The first-order valence-electron chi connectivity index (χ1n) is 8.31. The molecule has 0 fully saturated rings. The third kappa shape index (κ3) is 4.04. The van der Waals surface area contributed by atoms with Crippen molar-refractivity contribution < 1.29 is 9.47 Å². The lowest BCUT2D eigenvalue weighted by atomic mass is 10.2. The number of hydrogen-bond donors (Lipinski definition) is 0. The molecule has 0 spiro atoms. The van der Waals surface area contributed by atoms with Crippen molar-refractivity contribution in [2.75, 3.05) is 13.2 Å². The quantitative estimate of drug-likeness (QED) is 0.600. The molecule has 0 bridgehead atoms. The smallest absolute Gasteiger partial charge is 0.226 e. The second-order valence-corrected chi connectivity index (χ2v) is 5.54. The van der Waals surface area contributed by atoms with Crippen molar-refractivity contribution in [1.82, 2.24) is 9.97 Å². The highest BCUT2D eigenvalue weighted by Crippen LogP contribution is 2.27. The molecule has 5 nitrogen and oxygen atoms in total. The minimum Gasteiger partial charge on any atom is -0.494 e. The van der Waals surface area contributed by atoms with Gasteiger partial charge in [-0.25, -0.2) is 4.98 Å². The van der Waals surface area contributed by atoms with Crippen LogP contribution in [-0.2, 0) is 0 Å². The van der Waals surface area contributed by atoms with Gasteiger partial charge in [-0.3, -0.25) is 0 Å². The van der Waals surface area contributed by atoms with E-state index in [0.717, 1.165) is 35.1 Å². The number of fused-ring (bicyclic) bond motifs is 1. The van der Waals surface area contributed by atoms with Crippen molar-refractivity contribution in [1.29, 1.82) is 5.26 Å². The molecule has 0 radical (unpaired) electrons. The van der Waals surface area contributed by atoms with Crippen molar-refractivity contribution in [3.05, 3.63) is 48.5 Å². The maximum atomic E-state index is 8.77. The van der Waals surface area contributed by atoms with E-state index >= 15 is 0 Å². The van der Waals surface area contributed by atoms with Crippen molar-refractivity contribution in [3.63, 3.8) is 0 Å². The zero-order valence-corrected chi connectivity index (χ0v) is 14.1. The van der Waals surface area contributed by atoms with E-state index in [9.17, 15) is 0 Å². The van der Waals surface area contributed by atoms with Crippen LogP contribution in [0.4, 0.5) is 0 Å². The van der Waals surface area contributed by atoms with E-state index in [1.165, 1.54) is 0 Å². The normalized spacial score (nSPS) is 10.4. The lowest BCUT2D eigenvalue weighted by Crippen LogP contribution is -2.00. The van der Waals surface area contributed by atoms with E-state index in [4.69, 9.17) is 14.7 Å². The first kappa shape index (κ1) is 16.7. The highest BCUT2D eigenvalue weighted by molar-refractivity contribution is 5.85. The van der Waals surface area contributed by atoms with E-state index in [-0.39, 0.29) is 6.61 Å². The van der Waals surface area contributed by atoms with E-state index in [0.29, 0.717) is 18.3 Å². The van der Waals surface area contributed by atoms with Crippen LogP contribution in [0.25, 0.3) is 22.3 Å². The fourth-order valence-corrected chi connectivity index (χ4v) is 2.42. The predicted molar refractivity (Wildman–Crippen MR) is 96.5 cm³/mol. The van der Waals surface area contributed by atoms with Gasteiger partial charge < -0.3 is 9.47 Å². The van der Waals surface area contributed by atoms with Gasteiger partial charge in [0.15, 0.2) is 12.4 Å². The Labute approximate surface area is 146 Å². The molecule has 0 amide bonds. The molecule has 1 heterocycles. The lowest BCUT2D eigenvalue weighted by Gasteiger charge is -2.09. The Bertz CT molecular complexity index is 886. The Morgan fingerprint density at radius 2 is 1.80 bits per heavy atom. The van der Waals surface area contributed by atoms with E-state index in [2.05, 4.69) is 16.9 Å². The number of nitrogens with zero attached hydrogens (tertiary/aromatic N) is 3. The Hall–Kier alpha value is -3.13. The van der Waals surface area contributed by atoms with Crippen LogP contribution < -0.4 is 9.47 Å². The number of hydrogen-bond acceptors (Lipinski definition) is 5. The van der Waals surface area contributed by atoms with Gasteiger partial charge in [-0.1, -0.05) is 25.5 Å². The van der Waals surface area contributed by atoms with Crippen LogP contribution in [0.5, 0.6) is 11.6 Å². The number of unbranched alkanes of at least 4 members (excludes halogenated alkanes) is 1. The number of aromatic nitrogens is 2. The highest BCUT2D eigenvalue weighted by atomic mass is 16.5. The zero-order chi connectivity index (χ0) is 17.5. The fourth-order valence-electron chi connectivity index (χ4n) is 2.42. The molecule has 0 saturated carbocycles. The van der Waals surface area contributed by atoms with Gasteiger partial charge in [0.1, 0.15) is 11.8 Å². The molecule has 3 aromatic rings. The number of rotatable bonds is 7. The standard InChI is InChI=1S/C20H19N3O2/c1-2-3-13-24-16-10-8-15(9-11-16)19-22-18-7-5-4-6-17(18)20(23-19)25-14-12-21/h4-11H,2-3,13-14H2,1H3. The summed E-state index contributed by atoms with van der Waals surface area (Å²) in [5, 5.41) is 9.57. The maximum absolute atomic E-state index is 8.77. The summed E-state index contributed by atoms with van der Waals surface area (Å²) in [6, 6.07) is 17.3. The summed E-state index contributed by atoms with van der Waals surface area (Å²) in [6.45, 7) is 2.80. The van der Waals surface area contributed by atoms with Gasteiger partial charge in [-0.2, -0.15) is 10.2 Å². The Kier molecular flexibility index (Phi) is 5.43. The molecule has 0 unspecified atom stereocenters. The van der Waals surface area contributed by atoms with E-state index in [1.807, 2.05) is 54.6 Å². The zero-order valence-electron chi connectivity index (χ0n) is 14.1. The first-order chi connectivity index (χ1) is 12.3. The van der Waals surface area contributed by atoms with Crippen LogP contribution in [-0.4, -0.2) is 23.2 Å². The van der Waals surface area contributed by atoms with Gasteiger partial charge in [0.25, 0.3) is 0 Å². The minimum absolute atomic E-state index is 0.0509. The summed E-state index contributed by atoms with van der Waals surface area (Å²) in [6.07, 6.45) is 2.14. The van der Waals surface area contributed by atoms with Gasteiger partial charge in [0, 0.05) is 5.56 Å². The monoisotopic (exact) mass is 333 g/mol. The molecule has 5 heteroatoms. The molecule has 0 N–H and O–H groups in total. The van der Waals surface area contributed by atoms with Crippen molar-refractivity contribution >= 4 is 10.9 Å². The van der Waals surface area contributed by atoms with Crippen LogP contribution >= 0.6 is 0 Å². The number of nitriles is 1. The number of para-hydroxylation sites is 1. The molecule has 0 aliphatic heterocycles. The molecular formula is C20H19N3O2. The Morgan fingerprint density at radius 3 is 2.56 bits per heavy atom. The second-order valence-electron chi connectivity index (χ2n) is 5.54. The molecular weight excluding hydrogens is 314 g/mol. The van der Waals surface area contributed by atoms with Crippen LogP contribution in [0, 0.1) is 11.3 Å². The minimum atomic E-state index is -0.0509. The lowest BCUT2D eigenvalue weighted by molar-refractivity contribution is 0.309. The SMILES string of the molecule is CCCCOc1ccc(-c2nc(OCC#N)c3ccccc3n2)cc1. The molecule has 0 aliphatic carbocycles. The van der Waals surface area contributed by atoms with Crippen LogP contribution in [0.1, 0.15) is 19.8 Å². The summed E-state index contributed by atoms with van der Waals surface area (Å²) in [7, 11) is 0. The predicted octanol–water partition coefficient (Wildman–Crippen LogP) is 4.38. The molecule has 126 valence electrons. The van der Waals surface area contributed by atoms with Crippen molar-refractivity contribution in [2.24, 2.45) is 0 Å². The van der Waals surface area contributed by atoms with Crippen LogP contribution in [0.15, 0.2) is 48.5 Å². The van der Waals surface area contributed by atoms with Gasteiger partial charge >= 0.3 is 0 Å². The van der Waals surface area contributed by atoms with E-state index in [1.54, 1.807) is 0 Å². The summed E-state index contributed by atoms with van der Waals surface area (Å²) in [5.74, 6) is 1.82. The maximum Gasteiger partial charge on any atom is 0.226 e. The van der Waals surface area contributed by atoms with Gasteiger partial charge in [0.05, 0.1) is 17.5 Å². The Balaban J connectivity index is 1.91. The summed E-state index contributed by atoms with van der Waals surface area (Å²) in [4.78, 5) is 9.09. The summed E-state index contributed by atoms with van der Waals surface area (Å²) in [5.41, 5.74) is 1.65. The van der Waals surface area contributed by atoms with Crippen LogP contribution in [0.3, 0.4) is 0 Å². The molecule has 1 aromatic heterocycles. The third-order valence-electron chi connectivity index (χ3n) is 3.72. The molecule has 3 rings (SSSR count). The molecule has 25 heavy (non-hydrogen) atoms. The Morgan fingerprint density at radius 1 is 1.00 bits per heavy atom. The van der Waals surface area contributed by atoms with Crippen LogP contribution in [0.2, 0.25) is 0 Å². The number of benzene rings is 2. The fraction of sp³-hybridized carbons (Fsp3) is 0.250. The summed E-state index contributed by atoms with van der Waals surface area (Å²) < 4.78 is 11.2. The van der Waals surface area contributed by atoms with Gasteiger partial charge in [0.2, 0.25) is 5.88 Å². The van der Waals surface area contributed by atoms with Crippen molar-refractivity contribution in [2.45, 2.75) is 19.8 Å². The molecule has 0 atom stereocenters. The largest absolute Gasteiger partial charge is 0.494 e. The van der Waals surface area contributed by atoms with E-state index < -0.39 is 0 Å². The van der Waals surface area contributed by atoms with Crippen molar-refractivity contribution in [3.8, 4) is 29.1 Å². The molecule has 2 aromatic carbocycles. The summed E-state index contributed by atoms with van der Waals surface area (Å²) >= 11 is 0. The highest BCUT2D eigenvalue weighted by Gasteiger charge is 2.10. The topological polar surface area (TPSA) is 68.0 Å². The third-order valence-corrected chi connectivity index (χ3v) is 3.72. The average Bonchev–Trinajstić information content (AvgIpc) is 2.66. The number of ether oxygens (including phenoxy) is 2. The van der Waals surface area contributed by atoms with Gasteiger partial charge in [-0.15, -0.1) is 0 Å². The first-order valence-corrected chi connectivity index (χ1v) is 8.31. The van der Waals surface area contributed by atoms with Gasteiger partial charge in [-0.05, 0) is 42.8 Å². The molecule has 0 saturated heterocycles. The second kappa shape index (κ2) is 8.11. The average molecular weight is 333 g/mol.